The molecule has 7 nitrogen and oxygen atoms in total. The number of phenols is 1. The Balaban J connectivity index is 1.38. The standard InChI is InChI=1S/C23H27FN6O/c1-23-9-8-15(13-28(23)2)21(22(23)24)29(3)20-7-6-18(26-27-20)17-5-4-16(12-19(17)31)30-11-10-25-14-30/h4-7,10-12,14-15,21-22,31H,8-9,13H2,1-3H3/t15-,21?,22?,23-/m0/s1. The molecule has 3 aliphatic rings. The van der Waals surface area contributed by atoms with Gasteiger partial charge in [0.15, 0.2) is 5.82 Å². The van der Waals surface area contributed by atoms with Crippen LogP contribution in [0, 0.1) is 5.92 Å². The van der Waals surface area contributed by atoms with Crippen molar-refractivity contribution in [1.29, 1.82) is 0 Å². The number of hydrogen-bond donors (Lipinski definition) is 1. The first kappa shape index (κ1) is 19.9. The maximum Gasteiger partial charge on any atom is 0.151 e. The number of imidazole rings is 1. The quantitative estimate of drug-likeness (QED) is 0.696. The monoisotopic (exact) mass is 422 g/mol. The third kappa shape index (κ3) is 3.17. The van der Waals surface area contributed by atoms with E-state index in [1.165, 1.54) is 0 Å². The average Bonchev–Trinajstić information content (AvgIpc) is 3.30. The molecule has 2 saturated heterocycles. The Morgan fingerprint density at radius 2 is 2.06 bits per heavy atom. The summed E-state index contributed by atoms with van der Waals surface area (Å²) in [5.41, 5.74) is 1.55. The summed E-state index contributed by atoms with van der Waals surface area (Å²) in [6.45, 7) is 2.92. The van der Waals surface area contributed by atoms with Crippen LogP contribution in [0.3, 0.4) is 0 Å². The fourth-order valence-corrected chi connectivity index (χ4v) is 5.19. The van der Waals surface area contributed by atoms with Gasteiger partial charge >= 0.3 is 0 Å². The highest BCUT2D eigenvalue weighted by Crippen LogP contribution is 2.46. The number of halogens is 1. The number of hydrogen-bond acceptors (Lipinski definition) is 6. The zero-order valence-electron chi connectivity index (χ0n) is 18.0. The van der Waals surface area contributed by atoms with E-state index >= 15 is 4.39 Å². The van der Waals surface area contributed by atoms with Gasteiger partial charge in [0.1, 0.15) is 11.9 Å². The second-order valence-electron chi connectivity index (χ2n) is 8.99. The highest BCUT2D eigenvalue weighted by Gasteiger charge is 2.55. The van der Waals surface area contributed by atoms with E-state index in [4.69, 9.17) is 0 Å². The summed E-state index contributed by atoms with van der Waals surface area (Å²) in [6, 6.07) is 8.84. The van der Waals surface area contributed by atoms with Crippen LogP contribution in [0.4, 0.5) is 10.2 Å². The van der Waals surface area contributed by atoms with Crippen molar-refractivity contribution in [1.82, 2.24) is 24.6 Å². The van der Waals surface area contributed by atoms with E-state index in [0.717, 1.165) is 25.1 Å². The van der Waals surface area contributed by atoms with E-state index in [9.17, 15) is 5.11 Å². The van der Waals surface area contributed by atoms with E-state index < -0.39 is 11.7 Å². The highest BCUT2D eigenvalue weighted by molar-refractivity contribution is 5.69. The maximum absolute atomic E-state index is 15.5. The van der Waals surface area contributed by atoms with Crippen molar-refractivity contribution in [3.63, 3.8) is 0 Å². The van der Waals surface area contributed by atoms with Crippen molar-refractivity contribution < 1.29 is 9.50 Å². The Bertz CT molecular complexity index is 1070. The summed E-state index contributed by atoms with van der Waals surface area (Å²) in [6.07, 6.45) is 6.14. The molecule has 2 bridgehead atoms. The van der Waals surface area contributed by atoms with Crippen molar-refractivity contribution in [3.8, 4) is 22.7 Å². The fourth-order valence-electron chi connectivity index (χ4n) is 5.19. The SMILES string of the molecule is CN(c1ccc(-c2ccc(-n3ccnc3)cc2O)nn1)C1C(F)[C@]2(C)CC[C@H]1CN2C. The molecule has 4 heterocycles. The number of phenolic OH excluding ortho intramolecular Hbond substituents is 1. The zero-order valence-corrected chi connectivity index (χ0v) is 18.0. The normalized spacial score (nSPS) is 28.1. The number of aromatic hydroxyl groups is 1. The molecule has 2 aliphatic heterocycles. The van der Waals surface area contributed by atoms with Crippen molar-refractivity contribution in [3.05, 3.63) is 49.1 Å². The molecule has 0 amide bonds. The molecule has 2 unspecified atom stereocenters. The van der Waals surface area contributed by atoms with Gasteiger partial charge in [0.05, 0.1) is 29.3 Å². The second-order valence-corrected chi connectivity index (χ2v) is 8.99. The summed E-state index contributed by atoms with van der Waals surface area (Å²) in [7, 11) is 3.93. The third-order valence-corrected chi connectivity index (χ3v) is 7.30. The highest BCUT2D eigenvalue weighted by atomic mass is 19.1. The number of benzene rings is 1. The van der Waals surface area contributed by atoms with Crippen LogP contribution >= 0.6 is 0 Å². The first-order valence-corrected chi connectivity index (χ1v) is 10.6. The predicted octanol–water partition coefficient (Wildman–Crippen LogP) is 3.29. The topological polar surface area (TPSA) is 70.3 Å². The lowest BCUT2D eigenvalue weighted by atomic mass is 9.67. The van der Waals surface area contributed by atoms with Gasteiger partial charge in [0.25, 0.3) is 0 Å². The van der Waals surface area contributed by atoms with Gasteiger partial charge in [-0.3, -0.25) is 4.90 Å². The molecule has 1 aromatic carbocycles. The van der Waals surface area contributed by atoms with Crippen LogP contribution < -0.4 is 4.90 Å². The largest absolute Gasteiger partial charge is 0.507 e. The lowest BCUT2D eigenvalue weighted by Crippen LogP contribution is -2.70. The van der Waals surface area contributed by atoms with Crippen molar-refractivity contribution in [2.45, 2.75) is 37.5 Å². The molecular weight excluding hydrogens is 395 g/mol. The van der Waals surface area contributed by atoms with E-state index in [1.54, 1.807) is 18.6 Å². The lowest BCUT2D eigenvalue weighted by molar-refractivity contribution is -0.0816. The van der Waals surface area contributed by atoms with Gasteiger partial charge in [-0.2, -0.15) is 0 Å². The molecule has 3 fully saturated rings. The van der Waals surface area contributed by atoms with Crippen LogP contribution in [-0.4, -0.2) is 68.1 Å². The van der Waals surface area contributed by atoms with Gasteiger partial charge in [-0.1, -0.05) is 0 Å². The van der Waals surface area contributed by atoms with Crippen LogP contribution in [0.5, 0.6) is 5.75 Å². The first-order chi connectivity index (χ1) is 14.9. The number of rotatable bonds is 4. The molecule has 1 aliphatic carbocycles. The number of piperidine rings is 2. The minimum atomic E-state index is -0.948. The van der Waals surface area contributed by atoms with E-state index in [1.807, 2.05) is 60.9 Å². The molecule has 2 aromatic heterocycles. The Hall–Kier alpha value is -3.00. The molecule has 1 N–H and O–H groups in total. The third-order valence-electron chi connectivity index (χ3n) is 7.30. The molecule has 162 valence electrons. The van der Waals surface area contributed by atoms with Crippen molar-refractivity contribution in [2.75, 3.05) is 25.5 Å². The van der Waals surface area contributed by atoms with Gasteiger partial charge in [-0.05, 0) is 57.0 Å². The smallest absolute Gasteiger partial charge is 0.151 e. The predicted molar refractivity (Wildman–Crippen MR) is 117 cm³/mol. The number of aromatic nitrogens is 4. The summed E-state index contributed by atoms with van der Waals surface area (Å²) in [5, 5.41) is 19.2. The average molecular weight is 423 g/mol. The molecule has 8 heteroatoms. The first-order valence-electron chi connectivity index (χ1n) is 10.6. The Kier molecular flexibility index (Phi) is 4.69. The van der Waals surface area contributed by atoms with Gasteiger partial charge in [0.2, 0.25) is 0 Å². The van der Waals surface area contributed by atoms with E-state index in [0.29, 0.717) is 17.1 Å². The fraction of sp³-hybridized carbons (Fsp3) is 0.435. The van der Waals surface area contributed by atoms with Crippen LogP contribution in [0.2, 0.25) is 0 Å². The zero-order chi connectivity index (χ0) is 21.8. The number of alkyl halides is 1. The summed E-state index contributed by atoms with van der Waals surface area (Å²) in [5.74, 6) is 1.03. The van der Waals surface area contributed by atoms with E-state index in [2.05, 4.69) is 20.1 Å². The van der Waals surface area contributed by atoms with Crippen LogP contribution in [0.1, 0.15) is 19.8 Å². The lowest BCUT2D eigenvalue weighted by Gasteiger charge is -2.58. The van der Waals surface area contributed by atoms with Gasteiger partial charge in [-0.15, -0.1) is 10.2 Å². The number of nitrogens with zero attached hydrogens (tertiary/aromatic N) is 6. The minimum Gasteiger partial charge on any atom is -0.507 e. The molecule has 0 spiro atoms. The molecule has 4 atom stereocenters. The summed E-state index contributed by atoms with van der Waals surface area (Å²) >= 11 is 0. The molecular formula is C23H27FN6O. The summed E-state index contributed by atoms with van der Waals surface area (Å²) < 4.78 is 17.3. The van der Waals surface area contributed by atoms with E-state index in [-0.39, 0.29) is 17.7 Å². The minimum absolute atomic E-state index is 0.117. The molecule has 0 radical (unpaired) electrons. The molecule has 6 rings (SSSR count). The Morgan fingerprint density at radius 3 is 2.71 bits per heavy atom. The molecule has 31 heavy (non-hydrogen) atoms. The number of fused-ring (bicyclic) bond motifs is 3. The Morgan fingerprint density at radius 1 is 1.23 bits per heavy atom. The Labute approximate surface area is 181 Å². The summed E-state index contributed by atoms with van der Waals surface area (Å²) in [4.78, 5) is 8.14. The van der Waals surface area contributed by atoms with Gasteiger partial charge in [0, 0.05) is 37.6 Å². The van der Waals surface area contributed by atoms with Gasteiger partial charge in [-0.25, -0.2) is 9.37 Å². The molecule has 3 aromatic rings. The second kappa shape index (κ2) is 7.30. The van der Waals surface area contributed by atoms with Crippen molar-refractivity contribution >= 4 is 5.82 Å². The van der Waals surface area contributed by atoms with Crippen LogP contribution in [0.15, 0.2) is 49.1 Å². The van der Waals surface area contributed by atoms with Crippen molar-refractivity contribution in [2.24, 2.45) is 5.92 Å². The van der Waals surface area contributed by atoms with Crippen LogP contribution in [-0.2, 0) is 0 Å². The maximum atomic E-state index is 15.5. The molecule has 1 saturated carbocycles. The number of anilines is 1. The van der Waals surface area contributed by atoms with Crippen LogP contribution in [0.25, 0.3) is 16.9 Å². The van der Waals surface area contributed by atoms with Gasteiger partial charge < -0.3 is 14.6 Å².